The molecular formula is C8H5BrO5. The maximum atomic E-state index is 11.4. The summed E-state index contributed by atoms with van der Waals surface area (Å²) >= 11 is 3.26. The van der Waals surface area contributed by atoms with E-state index in [0.717, 1.165) is 0 Å². The monoisotopic (exact) mass is 260 g/mol. The minimum absolute atomic E-state index is 0.371. The lowest BCUT2D eigenvalue weighted by atomic mass is 9.85. The van der Waals surface area contributed by atoms with Gasteiger partial charge in [0.2, 0.25) is 0 Å². The maximum Gasteiger partial charge on any atom is 0.509 e. The Labute approximate surface area is 87.1 Å². The van der Waals surface area contributed by atoms with E-state index in [-0.39, 0.29) is 5.97 Å². The molecule has 0 saturated carbocycles. The molecule has 2 bridgehead atoms. The van der Waals surface area contributed by atoms with Gasteiger partial charge in [-0.25, -0.2) is 4.79 Å². The van der Waals surface area contributed by atoms with Crippen LogP contribution < -0.4 is 0 Å². The third-order valence-corrected chi connectivity index (χ3v) is 3.33. The quantitative estimate of drug-likeness (QED) is 0.601. The van der Waals surface area contributed by atoms with E-state index in [1.807, 2.05) is 0 Å². The number of esters is 1. The molecule has 4 rings (SSSR count). The lowest BCUT2D eigenvalue weighted by Crippen LogP contribution is -2.53. The number of halogens is 1. The molecule has 0 radical (unpaired) electrons. The van der Waals surface area contributed by atoms with Gasteiger partial charge in [0.05, 0.1) is 0 Å². The summed E-state index contributed by atoms with van der Waals surface area (Å²) in [5.41, 5.74) is 0. The maximum absolute atomic E-state index is 11.4. The largest absolute Gasteiger partial charge is 0.509 e. The van der Waals surface area contributed by atoms with E-state index in [2.05, 4.69) is 15.9 Å². The first-order valence-corrected chi connectivity index (χ1v) is 4.91. The van der Waals surface area contributed by atoms with Gasteiger partial charge in [-0.15, -0.1) is 0 Å². The number of carbonyl (C=O) groups is 2. The van der Waals surface area contributed by atoms with E-state index >= 15 is 0 Å². The highest BCUT2D eigenvalue weighted by molar-refractivity contribution is 9.11. The Morgan fingerprint density at radius 3 is 2.57 bits per heavy atom. The van der Waals surface area contributed by atoms with Crippen molar-refractivity contribution in [1.29, 1.82) is 0 Å². The highest BCUT2D eigenvalue weighted by Gasteiger charge is 2.58. The van der Waals surface area contributed by atoms with Crippen molar-refractivity contribution in [3.8, 4) is 0 Å². The van der Waals surface area contributed by atoms with Gasteiger partial charge in [0.1, 0.15) is 5.92 Å². The molecule has 5 nitrogen and oxygen atoms in total. The Balaban J connectivity index is 2.04. The van der Waals surface area contributed by atoms with Crippen LogP contribution in [0.4, 0.5) is 4.79 Å². The van der Waals surface area contributed by atoms with Crippen LogP contribution >= 0.6 is 15.9 Å². The molecule has 74 valence electrons. The second-order valence-electron chi connectivity index (χ2n) is 3.35. The lowest BCUT2D eigenvalue weighted by Gasteiger charge is -2.37. The normalized spacial score (nSPS) is 43.6. The standard InChI is InChI=1S/C8H5BrO5/c9-2-1-3-5-6(14-8(11)13-5)4(2)7(10)12-3/h1,3-6H/t3-,4+,5+,6-/m1/s1. The van der Waals surface area contributed by atoms with Crippen molar-refractivity contribution >= 4 is 28.1 Å². The van der Waals surface area contributed by atoms with E-state index in [9.17, 15) is 9.59 Å². The minimum Gasteiger partial charge on any atom is -0.453 e. The lowest BCUT2D eigenvalue weighted by molar-refractivity contribution is -0.171. The Morgan fingerprint density at radius 1 is 1.14 bits per heavy atom. The van der Waals surface area contributed by atoms with E-state index in [4.69, 9.17) is 14.2 Å². The first-order valence-electron chi connectivity index (χ1n) is 4.12. The van der Waals surface area contributed by atoms with Crippen molar-refractivity contribution in [3.05, 3.63) is 10.6 Å². The molecular weight excluding hydrogens is 256 g/mol. The van der Waals surface area contributed by atoms with E-state index in [1.165, 1.54) is 0 Å². The van der Waals surface area contributed by atoms with Gasteiger partial charge in [-0.2, -0.15) is 0 Å². The van der Waals surface area contributed by atoms with E-state index < -0.39 is 30.4 Å². The highest BCUT2D eigenvalue weighted by Crippen LogP contribution is 2.42. The van der Waals surface area contributed by atoms with Gasteiger partial charge < -0.3 is 14.2 Å². The second kappa shape index (κ2) is 2.50. The van der Waals surface area contributed by atoms with Crippen molar-refractivity contribution in [2.45, 2.75) is 18.3 Å². The Bertz CT molecular complexity index is 363. The van der Waals surface area contributed by atoms with Gasteiger partial charge in [0.25, 0.3) is 0 Å². The summed E-state index contributed by atoms with van der Waals surface area (Å²) < 4.78 is 15.5. The molecule has 0 amide bonds. The van der Waals surface area contributed by atoms with Gasteiger partial charge in [-0.3, -0.25) is 4.79 Å². The fourth-order valence-electron chi connectivity index (χ4n) is 1.96. The van der Waals surface area contributed by atoms with Crippen LogP contribution in [-0.4, -0.2) is 30.4 Å². The van der Waals surface area contributed by atoms with Crippen molar-refractivity contribution in [1.82, 2.24) is 0 Å². The van der Waals surface area contributed by atoms with Gasteiger partial charge in [-0.05, 0) is 6.08 Å². The minimum atomic E-state index is -0.733. The van der Waals surface area contributed by atoms with Crippen molar-refractivity contribution in [2.75, 3.05) is 0 Å². The molecule has 14 heavy (non-hydrogen) atoms. The van der Waals surface area contributed by atoms with Crippen LogP contribution in [0.3, 0.4) is 0 Å². The molecule has 2 saturated heterocycles. The van der Waals surface area contributed by atoms with Gasteiger partial charge in [-0.1, -0.05) is 15.9 Å². The number of ether oxygens (including phenoxy) is 3. The van der Waals surface area contributed by atoms with Crippen LogP contribution in [0.1, 0.15) is 0 Å². The molecule has 4 atom stereocenters. The van der Waals surface area contributed by atoms with Gasteiger partial charge >= 0.3 is 12.1 Å². The Morgan fingerprint density at radius 2 is 1.86 bits per heavy atom. The van der Waals surface area contributed by atoms with Gasteiger partial charge in [0, 0.05) is 4.48 Å². The summed E-state index contributed by atoms with van der Waals surface area (Å²) in [6, 6.07) is 0. The molecule has 0 N–H and O–H groups in total. The molecule has 0 aromatic carbocycles. The first kappa shape index (κ1) is 8.28. The molecule has 3 heterocycles. The fraction of sp³-hybridized carbons (Fsp3) is 0.500. The Kier molecular flexibility index (Phi) is 1.48. The summed E-state index contributed by atoms with van der Waals surface area (Å²) in [4.78, 5) is 22.3. The SMILES string of the molecule is O=C1O[C@@H]2[C@H]3C(=O)O[C@H](C=C3Br)[C@@H]2O1. The predicted molar refractivity (Wildman–Crippen MR) is 45.5 cm³/mol. The summed E-state index contributed by atoms with van der Waals surface area (Å²) in [7, 11) is 0. The summed E-state index contributed by atoms with van der Waals surface area (Å²) in [5, 5.41) is 0. The number of fused-ring (bicyclic) bond motifs is 1. The second-order valence-corrected chi connectivity index (χ2v) is 4.26. The molecule has 0 aromatic heterocycles. The van der Waals surface area contributed by atoms with Gasteiger partial charge in [0.15, 0.2) is 18.3 Å². The van der Waals surface area contributed by atoms with E-state index in [0.29, 0.717) is 4.48 Å². The van der Waals surface area contributed by atoms with Crippen LogP contribution in [-0.2, 0) is 19.0 Å². The smallest absolute Gasteiger partial charge is 0.453 e. The average molecular weight is 261 g/mol. The number of rotatable bonds is 0. The van der Waals surface area contributed by atoms with E-state index in [1.54, 1.807) is 6.08 Å². The van der Waals surface area contributed by atoms with Crippen LogP contribution in [0.15, 0.2) is 10.6 Å². The molecule has 4 aliphatic rings. The average Bonchev–Trinajstić information content (AvgIpc) is 2.46. The van der Waals surface area contributed by atoms with Crippen LogP contribution in [0.5, 0.6) is 0 Å². The molecule has 0 unspecified atom stereocenters. The zero-order valence-corrected chi connectivity index (χ0v) is 8.39. The number of carbonyl (C=O) groups excluding carboxylic acids is 2. The van der Waals surface area contributed by atoms with Crippen LogP contribution in [0.2, 0.25) is 0 Å². The summed E-state index contributed by atoms with van der Waals surface area (Å²) in [5.74, 6) is -0.930. The van der Waals surface area contributed by atoms with Crippen molar-refractivity contribution < 1.29 is 23.8 Å². The number of hydrogen-bond acceptors (Lipinski definition) is 5. The third kappa shape index (κ3) is 0.890. The fourth-order valence-corrected chi connectivity index (χ4v) is 2.67. The topological polar surface area (TPSA) is 61.8 Å². The highest BCUT2D eigenvalue weighted by atomic mass is 79.9. The summed E-state index contributed by atoms with van der Waals surface area (Å²) in [6.07, 6.45) is -0.531. The van der Waals surface area contributed by atoms with Crippen molar-refractivity contribution in [3.63, 3.8) is 0 Å². The molecule has 1 aliphatic carbocycles. The van der Waals surface area contributed by atoms with Crippen molar-refractivity contribution in [2.24, 2.45) is 5.92 Å². The van der Waals surface area contributed by atoms with Crippen LogP contribution in [0, 0.1) is 5.92 Å². The zero-order chi connectivity index (χ0) is 9.87. The molecule has 2 fully saturated rings. The summed E-state index contributed by atoms with van der Waals surface area (Å²) in [6.45, 7) is 0. The first-order chi connectivity index (χ1) is 6.66. The predicted octanol–water partition coefficient (Wildman–Crippen LogP) is 0.724. The van der Waals surface area contributed by atoms with Crippen LogP contribution in [0.25, 0.3) is 0 Å². The molecule has 6 heteroatoms. The Hall–Kier alpha value is -1.04. The molecule has 0 aromatic rings. The molecule has 3 aliphatic heterocycles. The zero-order valence-electron chi connectivity index (χ0n) is 6.81. The third-order valence-electron chi connectivity index (χ3n) is 2.57. The number of hydrogen-bond donors (Lipinski definition) is 0. The molecule has 0 spiro atoms.